The molecule has 2 amide bonds. The lowest BCUT2D eigenvalue weighted by molar-refractivity contribution is -0.142. The SMILES string of the molecule is C=Nc1cnn(-c2ccc(C(=O)NCc3cccc(C(=O)Nc4ccc5c(c4)CN(C)CC5)c3)cc2)c1C(F)(F)F. The second-order valence-corrected chi connectivity index (χ2v) is 9.80. The van der Waals surface area contributed by atoms with E-state index >= 15 is 0 Å². The number of alkyl halides is 3. The molecule has 0 saturated heterocycles. The average molecular weight is 561 g/mol. The van der Waals surface area contributed by atoms with E-state index in [0.717, 1.165) is 31.4 Å². The number of rotatable bonds is 7. The van der Waals surface area contributed by atoms with Gasteiger partial charge in [0.25, 0.3) is 11.8 Å². The van der Waals surface area contributed by atoms with E-state index in [1.165, 1.54) is 35.4 Å². The first-order valence-electron chi connectivity index (χ1n) is 12.8. The third-order valence-corrected chi connectivity index (χ3v) is 6.87. The molecule has 0 bridgehead atoms. The molecule has 1 aliphatic heterocycles. The Morgan fingerprint density at radius 2 is 1.78 bits per heavy atom. The molecule has 5 rings (SSSR count). The minimum Gasteiger partial charge on any atom is -0.348 e. The molecular weight excluding hydrogens is 533 g/mol. The Balaban J connectivity index is 1.22. The summed E-state index contributed by atoms with van der Waals surface area (Å²) in [6, 6.07) is 18.4. The van der Waals surface area contributed by atoms with Gasteiger partial charge in [-0.1, -0.05) is 18.2 Å². The molecule has 8 nitrogen and oxygen atoms in total. The molecule has 41 heavy (non-hydrogen) atoms. The zero-order valence-electron chi connectivity index (χ0n) is 22.2. The van der Waals surface area contributed by atoms with Crippen LogP contribution < -0.4 is 10.6 Å². The van der Waals surface area contributed by atoms with E-state index in [2.05, 4.69) is 45.5 Å². The predicted octanol–water partition coefficient (Wildman–Crippen LogP) is 5.39. The summed E-state index contributed by atoms with van der Waals surface area (Å²) in [6.45, 7) is 5.16. The fourth-order valence-corrected chi connectivity index (χ4v) is 4.76. The lowest BCUT2D eigenvalue weighted by Crippen LogP contribution is -2.26. The van der Waals surface area contributed by atoms with Crippen LogP contribution in [0.15, 0.2) is 77.9 Å². The minimum absolute atomic E-state index is 0.119. The third kappa shape index (κ3) is 6.20. The molecule has 210 valence electrons. The molecule has 0 aliphatic carbocycles. The van der Waals surface area contributed by atoms with Gasteiger partial charge in [-0.05, 0) is 85.4 Å². The van der Waals surface area contributed by atoms with Crippen molar-refractivity contribution in [2.45, 2.75) is 25.7 Å². The highest BCUT2D eigenvalue weighted by molar-refractivity contribution is 6.04. The standard InChI is InChI=1S/C30H27F3N6O2/c1-34-26-17-36-39(27(26)30(31,32)33)25-10-7-21(8-11-25)28(40)35-16-19-4-3-5-22(14-19)29(41)37-24-9-6-20-12-13-38(2)18-23(20)15-24/h3-11,14-15,17H,1,12-13,16,18H2,2H3,(H,35,40)(H,37,41). The molecule has 2 N–H and O–H groups in total. The van der Waals surface area contributed by atoms with Gasteiger partial charge >= 0.3 is 6.18 Å². The van der Waals surface area contributed by atoms with Crippen molar-refractivity contribution in [1.29, 1.82) is 0 Å². The molecule has 0 radical (unpaired) electrons. The van der Waals surface area contributed by atoms with Crippen LogP contribution in [0.1, 0.15) is 43.1 Å². The molecule has 11 heteroatoms. The first-order chi connectivity index (χ1) is 19.6. The minimum atomic E-state index is -4.69. The van der Waals surface area contributed by atoms with E-state index in [4.69, 9.17) is 0 Å². The number of fused-ring (bicyclic) bond motifs is 1. The highest BCUT2D eigenvalue weighted by atomic mass is 19.4. The molecule has 0 unspecified atom stereocenters. The second kappa shape index (κ2) is 11.4. The summed E-state index contributed by atoms with van der Waals surface area (Å²) in [4.78, 5) is 31.3. The van der Waals surface area contributed by atoms with Crippen molar-refractivity contribution in [3.05, 3.63) is 106 Å². The van der Waals surface area contributed by atoms with Gasteiger partial charge in [0.2, 0.25) is 0 Å². The first-order valence-corrected chi connectivity index (χ1v) is 12.8. The molecule has 0 spiro atoms. The Labute approximate surface area is 234 Å². The normalized spacial score (nSPS) is 13.4. The van der Waals surface area contributed by atoms with E-state index in [1.54, 1.807) is 24.3 Å². The summed E-state index contributed by atoms with van der Waals surface area (Å²) in [5.41, 5.74) is 3.32. The number of carbonyl (C=O) groups excluding carboxylic acids is 2. The van der Waals surface area contributed by atoms with Gasteiger partial charge in [0.15, 0.2) is 5.69 Å². The number of benzene rings is 3. The van der Waals surface area contributed by atoms with Gasteiger partial charge < -0.3 is 15.5 Å². The number of aliphatic imine (C=N–C) groups is 1. The van der Waals surface area contributed by atoms with Crippen LogP contribution in [-0.4, -0.2) is 46.8 Å². The molecule has 1 aromatic heterocycles. The number of halogens is 3. The number of aromatic nitrogens is 2. The Kier molecular flexibility index (Phi) is 7.71. The number of nitrogens with one attached hydrogen (secondary N) is 2. The Morgan fingerprint density at radius 3 is 2.51 bits per heavy atom. The fraction of sp³-hybridized carbons (Fsp3) is 0.200. The van der Waals surface area contributed by atoms with Gasteiger partial charge in [-0.3, -0.25) is 14.6 Å². The van der Waals surface area contributed by atoms with Gasteiger partial charge in [-0.2, -0.15) is 18.3 Å². The summed E-state index contributed by atoms with van der Waals surface area (Å²) >= 11 is 0. The second-order valence-electron chi connectivity index (χ2n) is 9.80. The average Bonchev–Trinajstić information content (AvgIpc) is 3.41. The van der Waals surface area contributed by atoms with Gasteiger partial charge in [0.05, 0.1) is 11.9 Å². The largest absolute Gasteiger partial charge is 0.435 e. The van der Waals surface area contributed by atoms with Crippen LogP contribution in [0.5, 0.6) is 0 Å². The monoisotopic (exact) mass is 560 g/mol. The maximum Gasteiger partial charge on any atom is 0.435 e. The molecule has 1 aliphatic rings. The Morgan fingerprint density at radius 1 is 1.00 bits per heavy atom. The molecule has 4 aromatic rings. The highest BCUT2D eigenvalue weighted by Crippen LogP contribution is 2.37. The zero-order chi connectivity index (χ0) is 29.1. The van der Waals surface area contributed by atoms with Crippen LogP contribution in [0.25, 0.3) is 5.69 Å². The van der Waals surface area contributed by atoms with Crippen molar-refractivity contribution < 1.29 is 22.8 Å². The molecule has 0 fully saturated rings. The summed E-state index contributed by atoms with van der Waals surface area (Å²) in [7, 11) is 2.07. The molecule has 0 atom stereocenters. The zero-order valence-corrected chi connectivity index (χ0v) is 22.2. The number of amides is 2. The lowest BCUT2D eigenvalue weighted by atomic mass is 9.99. The summed E-state index contributed by atoms with van der Waals surface area (Å²) in [6.07, 6.45) is -2.72. The lowest BCUT2D eigenvalue weighted by Gasteiger charge is -2.25. The third-order valence-electron chi connectivity index (χ3n) is 6.87. The van der Waals surface area contributed by atoms with E-state index in [0.29, 0.717) is 15.8 Å². The van der Waals surface area contributed by atoms with Crippen molar-refractivity contribution in [3.8, 4) is 5.69 Å². The van der Waals surface area contributed by atoms with E-state index in [-0.39, 0.29) is 29.4 Å². The maximum absolute atomic E-state index is 13.5. The molecular formula is C30H27F3N6O2. The van der Waals surface area contributed by atoms with Crippen molar-refractivity contribution in [3.63, 3.8) is 0 Å². The van der Waals surface area contributed by atoms with Crippen molar-refractivity contribution >= 4 is 29.9 Å². The quantitative estimate of drug-likeness (QED) is 0.297. The number of anilines is 1. The summed E-state index contributed by atoms with van der Waals surface area (Å²) in [5.74, 6) is -0.681. The molecule has 3 aromatic carbocycles. The van der Waals surface area contributed by atoms with Crippen LogP contribution in [0, 0.1) is 0 Å². The van der Waals surface area contributed by atoms with Crippen LogP contribution in [-0.2, 0) is 25.7 Å². The summed E-state index contributed by atoms with van der Waals surface area (Å²) in [5, 5.41) is 9.50. The van der Waals surface area contributed by atoms with E-state index in [9.17, 15) is 22.8 Å². The molecule has 0 saturated carbocycles. The fourth-order valence-electron chi connectivity index (χ4n) is 4.76. The maximum atomic E-state index is 13.5. The highest BCUT2D eigenvalue weighted by Gasteiger charge is 2.38. The van der Waals surface area contributed by atoms with Crippen molar-refractivity contribution in [2.75, 3.05) is 18.9 Å². The van der Waals surface area contributed by atoms with Crippen molar-refractivity contribution in [1.82, 2.24) is 20.0 Å². The number of nitrogens with zero attached hydrogens (tertiary/aromatic N) is 4. The summed E-state index contributed by atoms with van der Waals surface area (Å²) < 4.78 is 41.2. The van der Waals surface area contributed by atoms with E-state index < -0.39 is 17.8 Å². The Bertz CT molecular complexity index is 1610. The van der Waals surface area contributed by atoms with E-state index in [1.807, 2.05) is 12.1 Å². The predicted molar refractivity (Wildman–Crippen MR) is 150 cm³/mol. The number of carbonyl (C=O) groups is 2. The van der Waals surface area contributed by atoms with Crippen LogP contribution in [0.2, 0.25) is 0 Å². The van der Waals surface area contributed by atoms with Gasteiger partial charge in [-0.25, -0.2) is 4.68 Å². The molecule has 2 heterocycles. The number of hydrogen-bond acceptors (Lipinski definition) is 5. The van der Waals surface area contributed by atoms with Crippen molar-refractivity contribution in [2.24, 2.45) is 4.99 Å². The van der Waals surface area contributed by atoms with Crippen LogP contribution in [0.3, 0.4) is 0 Å². The topological polar surface area (TPSA) is 91.6 Å². The van der Waals surface area contributed by atoms with Gasteiger partial charge in [0, 0.05) is 36.4 Å². The Hall–Kier alpha value is -4.77. The number of hydrogen-bond donors (Lipinski definition) is 2. The van der Waals surface area contributed by atoms with Gasteiger partial charge in [0.1, 0.15) is 5.69 Å². The smallest absolute Gasteiger partial charge is 0.348 e. The van der Waals surface area contributed by atoms with Gasteiger partial charge in [-0.15, -0.1) is 0 Å². The van der Waals surface area contributed by atoms with Crippen LogP contribution >= 0.6 is 0 Å². The number of likely N-dealkylation sites (N-methyl/N-ethyl adjacent to an activating group) is 1. The first kappa shape index (κ1) is 27.8. The van der Waals surface area contributed by atoms with Crippen LogP contribution in [0.4, 0.5) is 24.5 Å².